The van der Waals surface area contributed by atoms with E-state index in [1.807, 2.05) is 11.3 Å². The van der Waals surface area contributed by atoms with E-state index >= 15 is 0 Å². The van der Waals surface area contributed by atoms with Gasteiger partial charge >= 0.3 is 0 Å². The molecule has 0 saturated heterocycles. The van der Waals surface area contributed by atoms with Gasteiger partial charge in [-0.1, -0.05) is 158 Å². The molecule has 254 valence electrons. The number of rotatable bonds is 7. The summed E-state index contributed by atoms with van der Waals surface area (Å²) in [5.74, 6) is 0. The van der Waals surface area contributed by atoms with Crippen LogP contribution >= 0.6 is 11.3 Å². The summed E-state index contributed by atoms with van der Waals surface area (Å²) in [7, 11) is 0. The molecule has 0 bridgehead atoms. The van der Waals surface area contributed by atoms with E-state index in [2.05, 4.69) is 217 Å². The van der Waals surface area contributed by atoms with Gasteiger partial charge in [0.15, 0.2) is 0 Å². The van der Waals surface area contributed by atoms with E-state index in [1.54, 1.807) is 0 Å². The highest BCUT2D eigenvalue weighted by molar-refractivity contribution is 7.26. The summed E-state index contributed by atoms with van der Waals surface area (Å²) in [5.41, 5.74) is 13.0. The molecule has 10 aromatic rings. The molecule has 9 aromatic carbocycles. The zero-order valence-electron chi connectivity index (χ0n) is 29.6. The third-order valence-electron chi connectivity index (χ3n) is 10.5. The Kier molecular flexibility index (Phi) is 8.09. The van der Waals surface area contributed by atoms with Gasteiger partial charge in [-0.05, 0) is 98.8 Å². The molecule has 2 heteroatoms. The molecule has 0 radical (unpaired) electrons. The molecule has 0 N–H and O–H groups in total. The van der Waals surface area contributed by atoms with Crippen LogP contribution in [0.15, 0.2) is 212 Å². The van der Waals surface area contributed by atoms with E-state index in [1.165, 1.54) is 75.5 Å². The average molecular weight is 706 g/mol. The number of para-hydroxylation sites is 1. The van der Waals surface area contributed by atoms with Gasteiger partial charge in [-0.15, -0.1) is 11.3 Å². The fourth-order valence-corrected chi connectivity index (χ4v) is 8.98. The minimum atomic E-state index is 1.10. The molecule has 0 aliphatic heterocycles. The van der Waals surface area contributed by atoms with Crippen LogP contribution in [0.25, 0.3) is 75.5 Å². The number of fused-ring (bicyclic) bond motifs is 4. The molecular formula is C52H35NS. The highest BCUT2D eigenvalue weighted by Gasteiger charge is 2.19. The van der Waals surface area contributed by atoms with Crippen LogP contribution < -0.4 is 4.90 Å². The Morgan fingerprint density at radius 3 is 1.61 bits per heavy atom. The largest absolute Gasteiger partial charge is 0.310 e. The number of thiophene rings is 1. The fourth-order valence-electron chi connectivity index (χ4n) is 7.76. The highest BCUT2D eigenvalue weighted by Crippen LogP contribution is 2.45. The van der Waals surface area contributed by atoms with Gasteiger partial charge in [0.05, 0.1) is 5.69 Å². The van der Waals surface area contributed by atoms with Crippen LogP contribution in [-0.4, -0.2) is 0 Å². The first-order valence-electron chi connectivity index (χ1n) is 18.4. The lowest BCUT2D eigenvalue weighted by Crippen LogP contribution is -2.11. The lowest BCUT2D eigenvalue weighted by Gasteiger charge is -2.28. The van der Waals surface area contributed by atoms with E-state index in [0.717, 1.165) is 17.1 Å². The third kappa shape index (κ3) is 5.84. The smallest absolute Gasteiger partial charge is 0.0540 e. The first-order chi connectivity index (χ1) is 26.8. The molecule has 0 amide bonds. The molecule has 0 unspecified atom stereocenters. The van der Waals surface area contributed by atoms with Crippen molar-refractivity contribution in [2.75, 3.05) is 4.90 Å². The second kappa shape index (κ2) is 13.7. The Morgan fingerprint density at radius 1 is 0.315 bits per heavy atom. The minimum absolute atomic E-state index is 1.10. The van der Waals surface area contributed by atoms with E-state index < -0.39 is 0 Å². The molecule has 0 spiro atoms. The van der Waals surface area contributed by atoms with Crippen molar-refractivity contribution < 1.29 is 0 Å². The number of nitrogens with zero attached hydrogens (tertiary/aromatic N) is 1. The monoisotopic (exact) mass is 705 g/mol. The van der Waals surface area contributed by atoms with Crippen LogP contribution in [0.3, 0.4) is 0 Å². The zero-order chi connectivity index (χ0) is 35.8. The normalized spacial score (nSPS) is 11.3. The number of hydrogen-bond acceptors (Lipinski definition) is 2. The Balaban J connectivity index is 1.11. The molecule has 0 fully saturated rings. The minimum Gasteiger partial charge on any atom is -0.310 e. The van der Waals surface area contributed by atoms with E-state index in [4.69, 9.17) is 0 Å². The van der Waals surface area contributed by atoms with Gasteiger partial charge in [0.2, 0.25) is 0 Å². The van der Waals surface area contributed by atoms with Crippen LogP contribution in [0.1, 0.15) is 0 Å². The zero-order valence-corrected chi connectivity index (χ0v) is 30.4. The summed E-state index contributed by atoms with van der Waals surface area (Å²) in [5, 5.41) is 5.12. The molecule has 10 rings (SSSR count). The Morgan fingerprint density at radius 2 is 0.870 bits per heavy atom. The highest BCUT2D eigenvalue weighted by atomic mass is 32.1. The van der Waals surface area contributed by atoms with Gasteiger partial charge in [-0.25, -0.2) is 0 Å². The van der Waals surface area contributed by atoms with Crippen molar-refractivity contribution in [1.82, 2.24) is 0 Å². The summed E-state index contributed by atoms with van der Waals surface area (Å²) in [6.45, 7) is 0. The van der Waals surface area contributed by atoms with Crippen molar-refractivity contribution in [3.05, 3.63) is 212 Å². The molecule has 1 heterocycles. The summed E-state index contributed by atoms with van der Waals surface area (Å²) in [4.78, 5) is 2.39. The lowest BCUT2D eigenvalue weighted by molar-refractivity contribution is 1.28. The van der Waals surface area contributed by atoms with Gasteiger partial charge in [0, 0.05) is 42.7 Å². The van der Waals surface area contributed by atoms with E-state index in [9.17, 15) is 0 Å². The number of hydrogen-bond donors (Lipinski definition) is 0. The number of anilines is 3. The van der Waals surface area contributed by atoms with Crippen LogP contribution in [0.4, 0.5) is 17.1 Å². The maximum absolute atomic E-state index is 2.39. The van der Waals surface area contributed by atoms with Gasteiger partial charge in [0.1, 0.15) is 0 Å². The van der Waals surface area contributed by atoms with Gasteiger partial charge in [-0.2, -0.15) is 0 Å². The van der Waals surface area contributed by atoms with Crippen LogP contribution in [-0.2, 0) is 0 Å². The van der Waals surface area contributed by atoms with Crippen LogP contribution in [0.5, 0.6) is 0 Å². The Hall–Kier alpha value is -6.74. The van der Waals surface area contributed by atoms with Crippen molar-refractivity contribution in [2.24, 2.45) is 0 Å². The van der Waals surface area contributed by atoms with Crippen LogP contribution in [0.2, 0.25) is 0 Å². The quantitative estimate of drug-likeness (QED) is 0.160. The predicted octanol–water partition coefficient (Wildman–Crippen LogP) is 15.3. The topological polar surface area (TPSA) is 3.24 Å². The first kappa shape index (κ1) is 32.0. The van der Waals surface area contributed by atoms with Gasteiger partial charge in [0.25, 0.3) is 0 Å². The van der Waals surface area contributed by atoms with Crippen molar-refractivity contribution in [3.8, 4) is 44.5 Å². The summed E-state index contributed by atoms with van der Waals surface area (Å²) < 4.78 is 2.64. The summed E-state index contributed by atoms with van der Waals surface area (Å²) in [6, 6.07) is 77.1. The van der Waals surface area contributed by atoms with Crippen molar-refractivity contribution >= 4 is 59.3 Å². The Labute approximate surface area is 319 Å². The maximum atomic E-state index is 2.39. The van der Waals surface area contributed by atoms with Gasteiger partial charge < -0.3 is 4.90 Å². The van der Waals surface area contributed by atoms with Crippen molar-refractivity contribution in [1.29, 1.82) is 0 Å². The third-order valence-corrected chi connectivity index (χ3v) is 11.7. The van der Waals surface area contributed by atoms with E-state index in [0.29, 0.717) is 0 Å². The molecule has 0 atom stereocenters. The Bertz CT molecular complexity index is 2910. The number of benzene rings is 9. The van der Waals surface area contributed by atoms with E-state index in [-0.39, 0.29) is 0 Å². The fraction of sp³-hybridized carbons (Fsp3) is 0. The average Bonchev–Trinajstić information content (AvgIpc) is 3.63. The molecule has 0 aliphatic rings. The molecule has 1 nitrogen and oxygen atoms in total. The van der Waals surface area contributed by atoms with Gasteiger partial charge in [-0.3, -0.25) is 0 Å². The summed E-state index contributed by atoms with van der Waals surface area (Å²) >= 11 is 1.89. The second-order valence-electron chi connectivity index (χ2n) is 13.7. The molecule has 0 aliphatic carbocycles. The predicted molar refractivity (Wildman–Crippen MR) is 233 cm³/mol. The van der Waals surface area contributed by atoms with Crippen molar-refractivity contribution in [2.45, 2.75) is 0 Å². The lowest BCUT2D eigenvalue weighted by atomic mass is 9.94. The van der Waals surface area contributed by atoms with Crippen molar-refractivity contribution in [3.63, 3.8) is 0 Å². The molecule has 1 aromatic heterocycles. The summed E-state index contributed by atoms with van der Waals surface area (Å²) in [6.07, 6.45) is 0. The molecule has 54 heavy (non-hydrogen) atoms. The molecular weight excluding hydrogens is 671 g/mol. The second-order valence-corrected chi connectivity index (χ2v) is 14.8. The maximum Gasteiger partial charge on any atom is 0.0540 e. The SMILES string of the molecule is c1ccc(-c2ccc(N(c3ccc(-c4cc(-c5ccc6ccccc6c5)c5sc6ccccc6c5c4)cc3)c3ccccc3-c3ccccc3)cc2)cc1. The first-order valence-corrected chi connectivity index (χ1v) is 19.2. The molecule has 0 saturated carbocycles. The standard InChI is InChI=1S/C52H35NS/c1-3-13-36(14-4-1)38-25-29-44(30-26-38)53(50-21-11-9-19-46(50)40-16-5-2-6-17-40)45-31-27-39(28-32-45)43-34-48(42-24-23-37-15-7-8-18-41(37)33-42)52-49(35-43)47-20-10-12-22-51(47)54-52/h1-35H. The van der Waals surface area contributed by atoms with Crippen LogP contribution in [0, 0.1) is 0 Å².